The minimum Gasteiger partial charge on any atom is -0.325 e. The highest BCUT2D eigenvalue weighted by atomic mass is 35.5. The maximum absolute atomic E-state index is 11.8. The quantitative estimate of drug-likeness (QED) is 0.884. The zero-order valence-electron chi connectivity index (χ0n) is 11.1. The van der Waals surface area contributed by atoms with Gasteiger partial charge in [0.05, 0.1) is 0 Å². The molecule has 1 atom stereocenters. The summed E-state index contributed by atoms with van der Waals surface area (Å²) in [6.45, 7) is 7.27. The lowest BCUT2D eigenvalue weighted by Crippen LogP contribution is -2.34. The number of benzene rings is 1. The fourth-order valence-corrected chi connectivity index (χ4v) is 1.58. The van der Waals surface area contributed by atoms with Gasteiger partial charge in [0, 0.05) is 24.8 Å². The topological polar surface area (TPSA) is 58.4 Å². The summed E-state index contributed by atoms with van der Waals surface area (Å²) < 4.78 is 0. The number of urea groups is 1. The summed E-state index contributed by atoms with van der Waals surface area (Å²) >= 11 is 0. The fraction of sp³-hybridized carbons (Fsp3) is 0.462. The lowest BCUT2D eigenvalue weighted by atomic mass is 10.1. The van der Waals surface area contributed by atoms with Crippen LogP contribution in [0, 0.1) is 0 Å². The van der Waals surface area contributed by atoms with Gasteiger partial charge in [0.1, 0.15) is 0 Å². The minimum absolute atomic E-state index is 0. The van der Waals surface area contributed by atoms with Gasteiger partial charge in [-0.15, -0.1) is 12.4 Å². The Labute approximate surface area is 115 Å². The van der Waals surface area contributed by atoms with Gasteiger partial charge in [-0.1, -0.05) is 12.1 Å². The molecule has 0 aromatic heterocycles. The Hall–Kier alpha value is -1.26. The highest BCUT2D eigenvalue weighted by Crippen LogP contribution is 2.14. The normalized spacial score (nSPS) is 11.3. The number of anilines is 1. The number of rotatable bonds is 4. The number of halogens is 1. The Balaban J connectivity index is 0.00000289. The Morgan fingerprint density at radius 3 is 2.17 bits per heavy atom. The van der Waals surface area contributed by atoms with Crippen LogP contribution in [0.15, 0.2) is 24.3 Å². The lowest BCUT2D eigenvalue weighted by Gasteiger charge is -2.19. The van der Waals surface area contributed by atoms with Gasteiger partial charge in [-0.2, -0.15) is 0 Å². The summed E-state index contributed by atoms with van der Waals surface area (Å²) in [7, 11) is 0. The average Bonchev–Trinajstić information content (AvgIpc) is 2.31. The summed E-state index contributed by atoms with van der Waals surface area (Å²) in [5.41, 5.74) is 7.62. The highest BCUT2D eigenvalue weighted by molar-refractivity contribution is 5.89. The van der Waals surface area contributed by atoms with E-state index in [9.17, 15) is 4.79 Å². The van der Waals surface area contributed by atoms with Crippen molar-refractivity contribution in [3.63, 3.8) is 0 Å². The molecular formula is C13H22ClN3O. The maximum Gasteiger partial charge on any atom is 0.321 e. The van der Waals surface area contributed by atoms with Crippen LogP contribution in [-0.4, -0.2) is 24.0 Å². The van der Waals surface area contributed by atoms with Crippen molar-refractivity contribution in [3.8, 4) is 0 Å². The monoisotopic (exact) mass is 271 g/mol. The summed E-state index contributed by atoms with van der Waals surface area (Å²) in [6.07, 6.45) is 0. The molecule has 5 heteroatoms. The first-order valence-electron chi connectivity index (χ1n) is 6.00. The first kappa shape index (κ1) is 16.7. The molecule has 1 unspecified atom stereocenters. The van der Waals surface area contributed by atoms with Crippen LogP contribution in [0.25, 0.3) is 0 Å². The van der Waals surface area contributed by atoms with Crippen LogP contribution >= 0.6 is 12.4 Å². The summed E-state index contributed by atoms with van der Waals surface area (Å²) in [4.78, 5) is 13.5. The molecule has 2 amide bonds. The zero-order valence-corrected chi connectivity index (χ0v) is 12.0. The van der Waals surface area contributed by atoms with E-state index in [-0.39, 0.29) is 24.5 Å². The van der Waals surface area contributed by atoms with Gasteiger partial charge in [0.15, 0.2) is 0 Å². The molecule has 0 saturated carbocycles. The average molecular weight is 272 g/mol. The van der Waals surface area contributed by atoms with Crippen LogP contribution in [0.1, 0.15) is 32.4 Å². The van der Waals surface area contributed by atoms with E-state index in [4.69, 9.17) is 5.73 Å². The van der Waals surface area contributed by atoms with Crippen molar-refractivity contribution in [1.29, 1.82) is 0 Å². The van der Waals surface area contributed by atoms with Gasteiger partial charge in [-0.05, 0) is 38.5 Å². The van der Waals surface area contributed by atoms with E-state index < -0.39 is 0 Å². The standard InChI is InChI=1S/C13H21N3O.ClH/c1-4-16(5-2)13(17)15-12-8-6-11(7-9-12)10(3)14;/h6-10H,4-5,14H2,1-3H3,(H,15,17);1H. The molecule has 1 aromatic carbocycles. The first-order valence-corrected chi connectivity index (χ1v) is 6.00. The second-order valence-electron chi connectivity index (χ2n) is 4.01. The highest BCUT2D eigenvalue weighted by Gasteiger charge is 2.09. The number of hydrogen-bond acceptors (Lipinski definition) is 2. The van der Waals surface area contributed by atoms with Crippen LogP contribution in [0.4, 0.5) is 10.5 Å². The third-order valence-electron chi connectivity index (χ3n) is 2.74. The van der Waals surface area contributed by atoms with Gasteiger partial charge in [-0.25, -0.2) is 4.79 Å². The van der Waals surface area contributed by atoms with Gasteiger partial charge in [0.25, 0.3) is 0 Å². The lowest BCUT2D eigenvalue weighted by molar-refractivity contribution is 0.217. The number of nitrogens with two attached hydrogens (primary N) is 1. The van der Waals surface area contributed by atoms with Crippen molar-refractivity contribution in [2.45, 2.75) is 26.8 Å². The first-order chi connectivity index (χ1) is 8.08. The fourth-order valence-electron chi connectivity index (χ4n) is 1.58. The molecule has 0 aliphatic heterocycles. The van der Waals surface area contributed by atoms with Crippen molar-refractivity contribution >= 4 is 24.1 Å². The summed E-state index contributed by atoms with van der Waals surface area (Å²) in [5, 5.41) is 2.86. The molecule has 0 heterocycles. The molecule has 18 heavy (non-hydrogen) atoms. The van der Waals surface area contributed by atoms with Gasteiger partial charge in [-0.3, -0.25) is 0 Å². The summed E-state index contributed by atoms with van der Waals surface area (Å²) in [5.74, 6) is 0. The van der Waals surface area contributed by atoms with E-state index in [1.807, 2.05) is 45.0 Å². The predicted molar refractivity (Wildman–Crippen MR) is 78.2 cm³/mol. The Bertz CT molecular complexity index is 361. The van der Waals surface area contributed by atoms with Crippen LogP contribution in [0.3, 0.4) is 0 Å². The third kappa shape index (κ3) is 4.55. The van der Waals surface area contributed by atoms with Gasteiger partial charge < -0.3 is 16.0 Å². The van der Waals surface area contributed by atoms with E-state index in [0.29, 0.717) is 13.1 Å². The number of nitrogens with one attached hydrogen (secondary N) is 1. The second-order valence-corrected chi connectivity index (χ2v) is 4.01. The summed E-state index contributed by atoms with van der Waals surface area (Å²) in [6, 6.07) is 7.57. The molecule has 0 fully saturated rings. The minimum atomic E-state index is -0.0662. The van der Waals surface area contributed by atoms with Crippen LogP contribution in [-0.2, 0) is 0 Å². The molecule has 0 bridgehead atoms. The number of hydrogen-bond donors (Lipinski definition) is 2. The molecule has 0 aliphatic rings. The molecule has 4 nitrogen and oxygen atoms in total. The molecule has 0 saturated heterocycles. The van der Waals surface area contributed by atoms with Crippen molar-refractivity contribution in [2.24, 2.45) is 5.73 Å². The Morgan fingerprint density at radius 1 is 1.28 bits per heavy atom. The number of carbonyl (C=O) groups excluding carboxylic acids is 1. The molecular weight excluding hydrogens is 250 g/mol. The number of carbonyl (C=O) groups is 1. The number of amides is 2. The van der Waals surface area contributed by atoms with Crippen molar-refractivity contribution < 1.29 is 4.79 Å². The molecule has 1 rings (SSSR count). The third-order valence-corrected chi connectivity index (χ3v) is 2.74. The molecule has 0 spiro atoms. The molecule has 3 N–H and O–H groups in total. The Morgan fingerprint density at radius 2 is 1.78 bits per heavy atom. The van der Waals surface area contributed by atoms with E-state index in [2.05, 4.69) is 5.32 Å². The van der Waals surface area contributed by atoms with E-state index in [1.165, 1.54) is 0 Å². The van der Waals surface area contributed by atoms with Crippen LogP contribution in [0.2, 0.25) is 0 Å². The van der Waals surface area contributed by atoms with Crippen LogP contribution < -0.4 is 11.1 Å². The van der Waals surface area contributed by atoms with Crippen molar-refractivity contribution in [1.82, 2.24) is 4.90 Å². The van der Waals surface area contributed by atoms with Crippen molar-refractivity contribution in [3.05, 3.63) is 29.8 Å². The molecule has 1 aromatic rings. The van der Waals surface area contributed by atoms with E-state index >= 15 is 0 Å². The molecule has 0 aliphatic carbocycles. The van der Waals surface area contributed by atoms with Crippen molar-refractivity contribution in [2.75, 3.05) is 18.4 Å². The predicted octanol–water partition coefficient (Wildman–Crippen LogP) is 3.00. The molecule has 102 valence electrons. The Kier molecular flexibility index (Phi) is 7.39. The van der Waals surface area contributed by atoms with E-state index in [1.54, 1.807) is 4.90 Å². The van der Waals surface area contributed by atoms with E-state index in [0.717, 1.165) is 11.3 Å². The second kappa shape index (κ2) is 7.95. The zero-order chi connectivity index (χ0) is 12.8. The maximum atomic E-state index is 11.8. The smallest absolute Gasteiger partial charge is 0.321 e. The molecule has 0 radical (unpaired) electrons. The van der Waals surface area contributed by atoms with Gasteiger partial charge >= 0.3 is 6.03 Å². The SMILES string of the molecule is CCN(CC)C(=O)Nc1ccc(C(C)N)cc1.Cl. The van der Waals surface area contributed by atoms with Gasteiger partial charge in [0.2, 0.25) is 0 Å². The van der Waals surface area contributed by atoms with Crippen LogP contribution in [0.5, 0.6) is 0 Å². The number of nitrogens with zero attached hydrogens (tertiary/aromatic N) is 1. The largest absolute Gasteiger partial charge is 0.325 e.